The molecule has 0 unspecified atom stereocenters. The number of nitrogens with zero attached hydrogens (tertiary/aromatic N) is 1. The van der Waals surface area contributed by atoms with Gasteiger partial charge in [0.2, 0.25) is 10.0 Å². The molecule has 6 heteroatoms. The van der Waals surface area contributed by atoms with Gasteiger partial charge < -0.3 is 0 Å². The Morgan fingerprint density at radius 2 is 2.05 bits per heavy atom. The fourth-order valence-corrected chi connectivity index (χ4v) is 4.33. The quantitative estimate of drug-likeness (QED) is 0.899. The molecule has 0 saturated carbocycles. The number of rotatable bonds is 5. The van der Waals surface area contributed by atoms with Crippen LogP contribution in [0, 0.1) is 0 Å². The van der Waals surface area contributed by atoms with E-state index in [4.69, 9.17) is 0 Å². The van der Waals surface area contributed by atoms with Crippen LogP contribution in [0.5, 0.6) is 0 Å². The highest BCUT2D eigenvalue weighted by Gasteiger charge is 2.29. The van der Waals surface area contributed by atoms with Gasteiger partial charge in [0.15, 0.2) is 0 Å². The third-order valence-electron chi connectivity index (χ3n) is 3.50. The van der Waals surface area contributed by atoms with E-state index < -0.39 is 10.0 Å². The molecule has 0 bridgehead atoms. The van der Waals surface area contributed by atoms with Crippen LogP contribution in [0.4, 0.5) is 0 Å². The Labute approximate surface area is 126 Å². The first-order valence-corrected chi connectivity index (χ1v) is 9.76. The summed E-state index contributed by atoms with van der Waals surface area (Å²) in [5.74, 6) is 1.10. The average molecular weight is 314 g/mol. The first kappa shape index (κ1) is 15.8. The monoisotopic (exact) mass is 314 g/mol. The van der Waals surface area contributed by atoms with Crippen molar-refractivity contribution in [1.82, 2.24) is 9.62 Å². The summed E-state index contributed by atoms with van der Waals surface area (Å²) in [7, 11) is -3.10. The van der Waals surface area contributed by atoms with Crippen LogP contribution in [0.25, 0.3) is 0 Å². The minimum absolute atomic E-state index is 0.358. The topological polar surface area (TPSA) is 49.4 Å². The van der Waals surface area contributed by atoms with Crippen molar-refractivity contribution >= 4 is 21.8 Å². The number of benzene rings is 1. The normalized spacial score (nSPS) is 24.7. The zero-order valence-corrected chi connectivity index (χ0v) is 13.6. The molecular weight excluding hydrogens is 292 g/mol. The third kappa shape index (κ3) is 4.48. The summed E-state index contributed by atoms with van der Waals surface area (Å²) in [6.45, 7) is 4.47. The SMILES string of the molecule is C[C@@H]1SCCN(CCNS(C)(=O)=O)[C@H]1c1ccccc1. The van der Waals surface area contributed by atoms with Gasteiger partial charge in [0.25, 0.3) is 0 Å². The highest BCUT2D eigenvalue weighted by molar-refractivity contribution is 8.00. The van der Waals surface area contributed by atoms with E-state index in [1.807, 2.05) is 17.8 Å². The highest BCUT2D eigenvalue weighted by Crippen LogP contribution is 2.35. The number of hydrogen-bond donors (Lipinski definition) is 1. The largest absolute Gasteiger partial charge is 0.293 e. The van der Waals surface area contributed by atoms with E-state index in [2.05, 4.69) is 40.8 Å². The van der Waals surface area contributed by atoms with Crippen molar-refractivity contribution in [2.45, 2.75) is 18.2 Å². The molecule has 1 aliphatic heterocycles. The number of thioether (sulfide) groups is 1. The van der Waals surface area contributed by atoms with Crippen molar-refractivity contribution in [3.05, 3.63) is 35.9 Å². The Morgan fingerprint density at radius 1 is 1.35 bits per heavy atom. The van der Waals surface area contributed by atoms with Crippen LogP contribution in [-0.4, -0.2) is 50.2 Å². The van der Waals surface area contributed by atoms with Gasteiger partial charge in [-0.1, -0.05) is 37.3 Å². The van der Waals surface area contributed by atoms with Gasteiger partial charge in [-0.05, 0) is 5.56 Å². The molecule has 4 nitrogen and oxygen atoms in total. The predicted molar refractivity (Wildman–Crippen MR) is 85.5 cm³/mol. The van der Waals surface area contributed by atoms with Gasteiger partial charge >= 0.3 is 0 Å². The van der Waals surface area contributed by atoms with Crippen molar-refractivity contribution in [3.63, 3.8) is 0 Å². The Kier molecular flexibility index (Phi) is 5.49. The smallest absolute Gasteiger partial charge is 0.208 e. The Balaban J connectivity index is 2.05. The lowest BCUT2D eigenvalue weighted by Crippen LogP contribution is -2.43. The number of hydrogen-bond acceptors (Lipinski definition) is 4. The minimum Gasteiger partial charge on any atom is -0.293 e. The van der Waals surface area contributed by atoms with Crippen molar-refractivity contribution < 1.29 is 8.42 Å². The molecule has 1 aliphatic rings. The Bertz CT molecular complexity index is 519. The van der Waals surface area contributed by atoms with E-state index in [-0.39, 0.29) is 0 Å². The fraction of sp³-hybridized carbons (Fsp3) is 0.571. The molecule has 1 saturated heterocycles. The van der Waals surface area contributed by atoms with E-state index >= 15 is 0 Å². The van der Waals surface area contributed by atoms with Gasteiger partial charge in [-0.25, -0.2) is 13.1 Å². The van der Waals surface area contributed by atoms with Gasteiger partial charge in [-0.3, -0.25) is 4.90 Å². The van der Waals surface area contributed by atoms with Crippen molar-refractivity contribution in [3.8, 4) is 0 Å². The van der Waals surface area contributed by atoms with Crippen molar-refractivity contribution in [1.29, 1.82) is 0 Å². The van der Waals surface area contributed by atoms with Crippen LogP contribution in [0.15, 0.2) is 30.3 Å². The van der Waals surface area contributed by atoms with Crippen LogP contribution < -0.4 is 4.72 Å². The van der Waals surface area contributed by atoms with E-state index in [9.17, 15) is 8.42 Å². The van der Waals surface area contributed by atoms with E-state index in [0.717, 1.165) is 18.8 Å². The summed E-state index contributed by atoms with van der Waals surface area (Å²) in [6, 6.07) is 10.8. The molecule has 0 spiro atoms. The third-order valence-corrected chi connectivity index (χ3v) is 5.43. The van der Waals surface area contributed by atoms with Crippen molar-refractivity contribution in [2.24, 2.45) is 0 Å². The second-order valence-electron chi connectivity index (χ2n) is 5.13. The zero-order chi connectivity index (χ0) is 14.6. The summed E-state index contributed by atoms with van der Waals surface area (Å²) >= 11 is 1.98. The van der Waals surface area contributed by atoms with E-state index in [1.165, 1.54) is 11.8 Å². The van der Waals surface area contributed by atoms with Crippen molar-refractivity contribution in [2.75, 3.05) is 31.6 Å². The van der Waals surface area contributed by atoms with E-state index in [1.54, 1.807) is 0 Å². The highest BCUT2D eigenvalue weighted by atomic mass is 32.2. The molecule has 1 fully saturated rings. The predicted octanol–water partition coefficient (Wildman–Crippen LogP) is 1.71. The summed E-state index contributed by atoms with van der Waals surface area (Å²) in [6.07, 6.45) is 1.20. The van der Waals surface area contributed by atoms with Crippen LogP contribution in [-0.2, 0) is 10.0 Å². The van der Waals surface area contributed by atoms with Gasteiger partial charge in [0, 0.05) is 36.7 Å². The Hall–Kier alpha value is -0.560. The van der Waals surface area contributed by atoms with Gasteiger partial charge in [-0.2, -0.15) is 11.8 Å². The molecule has 112 valence electrons. The molecule has 0 radical (unpaired) electrons. The van der Waals surface area contributed by atoms with E-state index in [0.29, 0.717) is 17.8 Å². The molecule has 1 aromatic carbocycles. The van der Waals surface area contributed by atoms with Crippen LogP contribution >= 0.6 is 11.8 Å². The lowest BCUT2D eigenvalue weighted by atomic mass is 10.0. The summed E-state index contributed by atoms with van der Waals surface area (Å²) < 4.78 is 24.9. The lowest BCUT2D eigenvalue weighted by molar-refractivity contribution is 0.204. The second kappa shape index (κ2) is 6.93. The summed E-state index contributed by atoms with van der Waals surface area (Å²) in [5, 5.41) is 0.518. The maximum Gasteiger partial charge on any atom is 0.208 e. The lowest BCUT2D eigenvalue weighted by Gasteiger charge is -2.40. The van der Waals surface area contributed by atoms with Crippen LogP contribution in [0.1, 0.15) is 18.5 Å². The van der Waals surface area contributed by atoms with Gasteiger partial charge in [-0.15, -0.1) is 0 Å². The molecular formula is C14H22N2O2S2. The standard InChI is InChI=1S/C14H22N2O2S2/c1-12-14(13-6-4-3-5-7-13)16(10-11-19-12)9-8-15-20(2,17)18/h3-7,12,14-15H,8-11H2,1-2H3/t12-,14+/m0/s1. The minimum atomic E-state index is -3.10. The average Bonchev–Trinajstić information content (AvgIpc) is 2.38. The molecule has 0 aliphatic carbocycles. The first-order chi connectivity index (χ1) is 9.47. The number of sulfonamides is 1. The zero-order valence-electron chi connectivity index (χ0n) is 12.0. The molecule has 0 aromatic heterocycles. The van der Waals surface area contributed by atoms with Crippen LogP contribution in [0.2, 0.25) is 0 Å². The molecule has 2 rings (SSSR count). The fourth-order valence-electron chi connectivity index (χ4n) is 2.64. The molecule has 2 atom stereocenters. The molecule has 1 N–H and O–H groups in total. The maximum atomic E-state index is 11.2. The molecule has 0 amide bonds. The summed E-state index contributed by atoms with van der Waals surface area (Å²) in [4.78, 5) is 2.38. The summed E-state index contributed by atoms with van der Waals surface area (Å²) in [5.41, 5.74) is 1.31. The Morgan fingerprint density at radius 3 is 2.70 bits per heavy atom. The van der Waals surface area contributed by atoms with Gasteiger partial charge in [0.05, 0.1) is 6.26 Å². The first-order valence-electron chi connectivity index (χ1n) is 6.82. The molecule has 1 heterocycles. The number of nitrogens with one attached hydrogen (secondary N) is 1. The van der Waals surface area contributed by atoms with Gasteiger partial charge in [0.1, 0.15) is 0 Å². The molecule has 20 heavy (non-hydrogen) atoms. The second-order valence-corrected chi connectivity index (χ2v) is 8.45. The van der Waals surface area contributed by atoms with Crippen LogP contribution in [0.3, 0.4) is 0 Å². The molecule has 1 aromatic rings. The maximum absolute atomic E-state index is 11.2.